The second-order valence-electron chi connectivity index (χ2n) is 8.38. The molecular formula is C23H33N3O5. The summed E-state index contributed by atoms with van der Waals surface area (Å²) in [6.45, 7) is 8.18. The molecule has 1 aliphatic heterocycles. The molecule has 0 aromatic heterocycles. The molecule has 1 aromatic rings. The van der Waals surface area contributed by atoms with Gasteiger partial charge in [0.15, 0.2) is 6.10 Å². The molecule has 8 heteroatoms. The molecule has 2 amide bonds. The summed E-state index contributed by atoms with van der Waals surface area (Å²) in [5.41, 5.74) is 0.770. The Morgan fingerprint density at radius 2 is 1.94 bits per heavy atom. The van der Waals surface area contributed by atoms with E-state index in [4.69, 9.17) is 14.2 Å². The molecule has 0 radical (unpaired) electrons. The van der Waals surface area contributed by atoms with E-state index in [0.29, 0.717) is 39.3 Å². The molecular weight excluding hydrogens is 398 g/mol. The van der Waals surface area contributed by atoms with E-state index in [-0.39, 0.29) is 12.0 Å². The lowest BCUT2D eigenvalue weighted by molar-refractivity contribution is -0.132. The Kier molecular flexibility index (Phi) is 9.76. The van der Waals surface area contributed by atoms with Gasteiger partial charge in [-0.05, 0) is 17.4 Å². The summed E-state index contributed by atoms with van der Waals surface area (Å²) < 4.78 is 16.4. The standard InChI is InChI=1S/C23H33N3O5/c1-4-23(2,3)14-20(31-22(28)26-10-12-29-13-11-26)21(27)25-19(15-24)17-30-16-18-8-6-5-7-9-18/h5-9,19-20H,4,10-14,16-17H2,1-3H3,(H,25,27)/t19-,20+/m1/s1. The first-order valence-corrected chi connectivity index (χ1v) is 10.7. The molecule has 8 nitrogen and oxygen atoms in total. The maximum Gasteiger partial charge on any atom is 0.410 e. The van der Waals surface area contributed by atoms with Gasteiger partial charge < -0.3 is 24.4 Å². The van der Waals surface area contributed by atoms with E-state index in [0.717, 1.165) is 12.0 Å². The summed E-state index contributed by atoms with van der Waals surface area (Å²) in [6.07, 6.45) is -0.359. The molecule has 1 saturated heterocycles. The van der Waals surface area contributed by atoms with Gasteiger partial charge in [-0.15, -0.1) is 0 Å². The van der Waals surface area contributed by atoms with Gasteiger partial charge in [-0.2, -0.15) is 5.26 Å². The maximum absolute atomic E-state index is 12.9. The van der Waals surface area contributed by atoms with Gasteiger partial charge in [0.2, 0.25) is 0 Å². The van der Waals surface area contributed by atoms with Crippen LogP contribution in [-0.2, 0) is 25.6 Å². The first-order valence-electron chi connectivity index (χ1n) is 10.7. The highest BCUT2D eigenvalue weighted by Gasteiger charge is 2.33. The number of morpholine rings is 1. The van der Waals surface area contributed by atoms with Crippen LogP contribution < -0.4 is 5.32 Å². The van der Waals surface area contributed by atoms with Crippen molar-refractivity contribution in [2.45, 2.75) is 52.4 Å². The number of rotatable bonds is 10. The van der Waals surface area contributed by atoms with Crippen LogP contribution in [0.4, 0.5) is 4.79 Å². The van der Waals surface area contributed by atoms with Crippen molar-refractivity contribution < 1.29 is 23.8 Å². The second-order valence-corrected chi connectivity index (χ2v) is 8.38. The summed E-state index contributed by atoms with van der Waals surface area (Å²) in [5.74, 6) is -0.488. The third kappa shape index (κ3) is 8.56. The third-order valence-corrected chi connectivity index (χ3v) is 5.37. The predicted octanol–water partition coefficient (Wildman–Crippen LogP) is 2.88. The number of amides is 2. The largest absolute Gasteiger partial charge is 0.436 e. The van der Waals surface area contributed by atoms with Gasteiger partial charge in [-0.1, -0.05) is 57.5 Å². The molecule has 1 fully saturated rings. The molecule has 0 bridgehead atoms. The summed E-state index contributed by atoms with van der Waals surface area (Å²) in [4.78, 5) is 27.0. The maximum atomic E-state index is 12.9. The summed E-state index contributed by atoms with van der Waals surface area (Å²) in [6, 6.07) is 10.8. The van der Waals surface area contributed by atoms with Crippen LogP contribution >= 0.6 is 0 Å². The predicted molar refractivity (Wildman–Crippen MR) is 115 cm³/mol. The normalized spacial score (nSPS) is 16.1. The monoisotopic (exact) mass is 431 g/mol. The molecule has 31 heavy (non-hydrogen) atoms. The van der Waals surface area contributed by atoms with Gasteiger partial charge in [0.25, 0.3) is 5.91 Å². The molecule has 0 saturated carbocycles. The number of carbonyl (C=O) groups is 2. The van der Waals surface area contributed by atoms with E-state index in [1.807, 2.05) is 57.2 Å². The van der Waals surface area contributed by atoms with Crippen LogP contribution in [-0.4, -0.2) is 62.0 Å². The first kappa shape index (κ1) is 24.6. The Bertz CT molecular complexity index is 741. The minimum absolute atomic E-state index is 0.0401. The SMILES string of the molecule is CCC(C)(C)C[C@H](OC(=O)N1CCOCC1)C(=O)N[C@H](C#N)COCc1ccccc1. The average molecular weight is 432 g/mol. The van der Waals surface area contributed by atoms with Crippen LogP contribution in [0, 0.1) is 16.7 Å². The molecule has 0 spiro atoms. The number of hydrogen-bond donors (Lipinski definition) is 1. The van der Waals surface area contributed by atoms with Gasteiger partial charge in [-0.3, -0.25) is 4.79 Å². The minimum Gasteiger partial charge on any atom is -0.436 e. The zero-order valence-corrected chi connectivity index (χ0v) is 18.6. The lowest BCUT2D eigenvalue weighted by atomic mass is 9.84. The highest BCUT2D eigenvalue weighted by Crippen LogP contribution is 2.28. The fourth-order valence-corrected chi connectivity index (χ4v) is 3.02. The smallest absolute Gasteiger partial charge is 0.410 e. The summed E-state index contributed by atoms with van der Waals surface area (Å²) >= 11 is 0. The molecule has 170 valence electrons. The van der Waals surface area contributed by atoms with Crippen LogP contribution in [0.3, 0.4) is 0 Å². The summed E-state index contributed by atoms with van der Waals surface area (Å²) in [5, 5.41) is 12.1. The molecule has 1 heterocycles. The van der Waals surface area contributed by atoms with Crippen molar-refractivity contribution >= 4 is 12.0 Å². The average Bonchev–Trinajstić information content (AvgIpc) is 2.79. The van der Waals surface area contributed by atoms with Crippen molar-refractivity contribution in [3.8, 4) is 6.07 Å². The lowest BCUT2D eigenvalue weighted by Crippen LogP contribution is -2.49. The van der Waals surface area contributed by atoms with Gasteiger partial charge in [0.1, 0.15) is 6.04 Å². The number of nitrogens with zero attached hydrogens (tertiary/aromatic N) is 2. The molecule has 1 aliphatic rings. The van der Waals surface area contributed by atoms with Crippen molar-refractivity contribution in [3.63, 3.8) is 0 Å². The van der Waals surface area contributed by atoms with Gasteiger partial charge in [-0.25, -0.2) is 4.79 Å². The Morgan fingerprint density at radius 1 is 1.26 bits per heavy atom. The number of hydrogen-bond acceptors (Lipinski definition) is 6. The van der Waals surface area contributed by atoms with Crippen molar-refractivity contribution in [2.24, 2.45) is 5.41 Å². The molecule has 1 N–H and O–H groups in total. The molecule has 1 aromatic carbocycles. The van der Waals surface area contributed by atoms with E-state index in [2.05, 4.69) is 5.32 Å². The molecule has 0 aliphatic carbocycles. The zero-order valence-electron chi connectivity index (χ0n) is 18.6. The molecule has 0 unspecified atom stereocenters. The van der Waals surface area contributed by atoms with Gasteiger partial charge in [0.05, 0.1) is 32.5 Å². The Balaban J connectivity index is 1.95. The number of nitrogens with one attached hydrogen (secondary N) is 1. The number of benzene rings is 1. The van der Waals surface area contributed by atoms with Crippen LogP contribution in [0.15, 0.2) is 30.3 Å². The lowest BCUT2D eigenvalue weighted by Gasteiger charge is -2.31. The number of nitriles is 1. The van der Waals surface area contributed by atoms with E-state index >= 15 is 0 Å². The van der Waals surface area contributed by atoms with Crippen molar-refractivity contribution in [1.82, 2.24) is 10.2 Å². The Labute approximate surface area is 184 Å². The minimum atomic E-state index is -0.990. The highest BCUT2D eigenvalue weighted by atomic mass is 16.6. The fourth-order valence-electron chi connectivity index (χ4n) is 3.02. The van der Waals surface area contributed by atoms with Crippen molar-refractivity contribution in [3.05, 3.63) is 35.9 Å². The fraction of sp³-hybridized carbons (Fsp3) is 0.609. The molecule has 2 atom stereocenters. The van der Waals surface area contributed by atoms with Crippen LogP contribution in [0.1, 0.15) is 39.2 Å². The van der Waals surface area contributed by atoms with E-state index in [9.17, 15) is 14.9 Å². The van der Waals surface area contributed by atoms with E-state index in [1.165, 1.54) is 4.90 Å². The van der Waals surface area contributed by atoms with Crippen molar-refractivity contribution in [1.29, 1.82) is 5.26 Å². The van der Waals surface area contributed by atoms with Crippen LogP contribution in [0.2, 0.25) is 0 Å². The second kappa shape index (κ2) is 12.3. The van der Waals surface area contributed by atoms with Crippen molar-refractivity contribution in [2.75, 3.05) is 32.9 Å². The Morgan fingerprint density at radius 3 is 2.55 bits per heavy atom. The Hall–Kier alpha value is -2.63. The highest BCUT2D eigenvalue weighted by molar-refractivity contribution is 5.84. The van der Waals surface area contributed by atoms with Crippen LogP contribution in [0.25, 0.3) is 0 Å². The van der Waals surface area contributed by atoms with Crippen LogP contribution in [0.5, 0.6) is 0 Å². The number of ether oxygens (including phenoxy) is 3. The van der Waals surface area contributed by atoms with Gasteiger partial charge >= 0.3 is 6.09 Å². The third-order valence-electron chi connectivity index (χ3n) is 5.37. The molecule has 2 rings (SSSR count). The topological polar surface area (TPSA) is 101 Å². The summed E-state index contributed by atoms with van der Waals surface area (Å²) in [7, 11) is 0. The van der Waals surface area contributed by atoms with E-state index in [1.54, 1.807) is 0 Å². The quantitative estimate of drug-likeness (QED) is 0.611. The first-order chi connectivity index (χ1) is 14.8. The van der Waals surface area contributed by atoms with Gasteiger partial charge in [0, 0.05) is 13.1 Å². The number of carbonyl (C=O) groups excluding carboxylic acids is 2. The zero-order chi connectivity index (χ0) is 22.7. The van der Waals surface area contributed by atoms with E-state index < -0.39 is 24.1 Å².